The molecule has 0 amide bonds. The minimum absolute atomic E-state index is 0.991. The van der Waals surface area contributed by atoms with Crippen molar-refractivity contribution in [2.75, 3.05) is 0 Å². The maximum Gasteiger partial charge on any atom is 0.0513 e. The SMILES string of the molecule is Cc1cscc1[S]. The first-order valence-electron chi connectivity index (χ1n) is 2.00. The normalized spacial score (nSPS) is 9.29. The van der Waals surface area contributed by atoms with Crippen LogP contribution in [0.1, 0.15) is 5.56 Å². The zero-order valence-electron chi connectivity index (χ0n) is 3.97. The fraction of sp³-hybridized carbons (Fsp3) is 0.200. The molecule has 2 heteroatoms. The van der Waals surface area contributed by atoms with Gasteiger partial charge in [0.05, 0.1) is 4.90 Å². The Labute approximate surface area is 52.6 Å². The maximum atomic E-state index is 4.90. The minimum Gasteiger partial charge on any atom is -0.151 e. The van der Waals surface area contributed by atoms with Crippen LogP contribution >= 0.6 is 24.0 Å². The van der Waals surface area contributed by atoms with Gasteiger partial charge in [-0.2, -0.15) is 11.3 Å². The molecule has 1 aromatic heterocycles. The van der Waals surface area contributed by atoms with Crippen molar-refractivity contribution in [1.82, 2.24) is 0 Å². The Morgan fingerprint density at radius 1 is 1.57 bits per heavy atom. The molecule has 1 radical (unpaired) electrons. The Hall–Kier alpha value is -0.0800. The molecule has 0 unspecified atom stereocenters. The third-order valence-corrected chi connectivity index (χ3v) is 2.26. The Bertz CT molecular complexity index is 138. The molecule has 0 aromatic carbocycles. The van der Waals surface area contributed by atoms with Gasteiger partial charge < -0.3 is 0 Å². The fourth-order valence-electron chi connectivity index (χ4n) is 0.349. The highest BCUT2D eigenvalue weighted by molar-refractivity contribution is 7.80. The quantitative estimate of drug-likeness (QED) is 0.505. The molecular weight excluding hydrogens is 124 g/mol. The average Bonchev–Trinajstić information content (AvgIpc) is 1.91. The molecular formula is C5H5S2. The lowest BCUT2D eigenvalue weighted by Gasteiger charge is -1.76. The molecule has 1 aromatic rings. The highest BCUT2D eigenvalue weighted by atomic mass is 32.1. The van der Waals surface area contributed by atoms with Crippen LogP contribution in [0.25, 0.3) is 0 Å². The smallest absolute Gasteiger partial charge is 0.0513 e. The lowest BCUT2D eigenvalue weighted by atomic mass is 10.4. The van der Waals surface area contributed by atoms with E-state index < -0.39 is 0 Å². The van der Waals surface area contributed by atoms with Gasteiger partial charge in [-0.1, -0.05) is 12.6 Å². The Kier molecular flexibility index (Phi) is 1.30. The third-order valence-electron chi connectivity index (χ3n) is 0.809. The molecule has 0 N–H and O–H groups in total. The first-order chi connectivity index (χ1) is 3.30. The number of hydrogen-bond acceptors (Lipinski definition) is 1. The van der Waals surface area contributed by atoms with Crippen molar-refractivity contribution in [3.05, 3.63) is 16.3 Å². The third kappa shape index (κ3) is 0.924. The lowest BCUT2D eigenvalue weighted by Crippen LogP contribution is -1.57. The Balaban J connectivity index is 3.12. The van der Waals surface area contributed by atoms with E-state index in [0.717, 1.165) is 4.90 Å². The number of rotatable bonds is 0. The maximum absolute atomic E-state index is 4.90. The van der Waals surface area contributed by atoms with Crippen molar-refractivity contribution in [3.63, 3.8) is 0 Å². The van der Waals surface area contributed by atoms with Crippen LogP contribution in [0, 0.1) is 6.92 Å². The van der Waals surface area contributed by atoms with Crippen molar-refractivity contribution in [2.45, 2.75) is 11.8 Å². The van der Waals surface area contributed by atoms with E-state index in [2.05, 4.69) is 5.38 Å². The van der Waals surface area contributed by atoms with E-state index in [1.807, 2.05) is 12.3 Å². The Morgan fingerprint density at radius 3 is 2.43 bits per heavy atom. The van der Waals surface area contributed by atoms with Gasteiger partial charge in [0.2, 0.25) is 0 Å². The van der Waals surface area contributed by atoms with Crippen molar-refractivity contribution in [3.8, 4) is 0 Å². The molecule has 0 saturated heterocycles. The summed E-state index contributed by atoms with van der Waals surface area (Å²) >= 11 is 6.56. The molecule has 0 atom stereocenters. The molecule has 0 fully saturated rings. The number of hydrogen-bond donors (Lipinski definition) is 0. The summed E-state index contributed by atoms with van der Waals surface area (Å²) in [4.78, 5) is 0.991. The van der Waals surface area contributed by atoms with E-state index >= 15 is 0 Å². The molecule has 0 aliphatic rings. The molecule has 1 heterocycles. The summed E-state index contributed by atoms with van der Waals surface area (Å²) < 4.78 is 0. The fourth-order valence-corrected chi connectivity index (χ4v) is 1.36. The first kappa shape index (κ1) is 5.06. The van der Waals surface area contributed by atoms with E-state index in [-0.39, 0.29) is 0 Å². The summed E-state index contributed by atoms with van der Waals surface area (Å²) in [6.45, 7) is 2.03. The van der Waals surface area contributed by atoms with Crippen molar-refractivity contribution >= 4 is 24.0 Å². The van der Waals surface area contributed by atoms with E-state index in [9.17, 15) is 0 Å². The second-order valence-corrected chi connectivity index (χ2v) is 2.60. The Morgan fingerprint density at radius 2 is 2.29 bits per heavy atom. The van der Waals surface area contributed by atoms with Crippen LogP contribution in [0.3, 0.4) is 0 Å². The summed E-state index contributed by atoms with van der Waals surface area (Å²) in [5, 5.41) is 4.03. The summed E-state index contributed by atoms with van der Waals surface area (Å²) in [5.41, 5.74) is 1.22. The van der Waals surface area contributed by atoms with Crippen molar-refractivity contribution < 1.29 is 0 Å². The predicted molar refractivity (Wildman–Crippen MR) is 34.9 cm³/mol. The van der Waals surface area contributed by atoms with Crippen LogP contribution in [-0.2, 0) is 0 Å². The van der Waals surface area contributed by atoms with Gasteiger partial charge in [-0.3, -0.25) is 0 Å². The number of thiophene rings is 1. The highest BCUT2D eigenvalue weighted by Crippen LogP contribution is 2.16. The van der Waals surface area contributed by atoms with E-state index in [4.69, 9.17) is 12.6 Å². The first-order valence-corrected chi connectivity index (χ1v) is 3.35. The second-order valence-electron chi connectivity index (χ2n) is 1.42. The van der Waals surface area contributed by atoms with Crippen molar-refractivity contribution in [2.24, 2.45) is 0 Å². The minimum atomic E-state index is 0.991. The highest BCUT2D eigenvalue weighted by Gasteiger charge is 1.89. The summed E-state index contributed by atoms with van der Waals surface area (Å²) in [7, 11) is 0. The molecule has 37 valence electrons. The summed E-state index contributed by atoms with van der Waals surface area (Å²) in [6.07, 6.45) is 0. The van der Waals surface area contributed by atoms with Gasteiger partial charge in [0, 0.05) is 5.38 Å². The van der Waals surface area contributed by atoms with Gasteiger partial charge in [-0.15, -0.1) is 0 Å². The van der Waals surface area contributed by atoms with Crippen LogP contribution in [0.5, 0.6) is 0 Å². The standard InChI is InChI=1S/C5H5S2/c1-4-2-7-3-5(4)6/h2-3H,1H3. The molecule has 0 spiro atoms. The average molecular weight is 129 g/mol. The van der Waals surface area contributed by atoms with Crippen LogP contribution in [0.4, 0.5) is 0 Å². The van der Waals surface area contributed by atoms with E-state index in [1.165, 1.54) is 5.56 Å². The van der Waals surface area contributed by atoms with Gasteiger partial charge in [-0.25, -0.2) is 0 Å². The monoisotopic (exact) mass is 129 g/mol. The van der Waals surface area contributed by atoms with Gasteiger partial charge in [0.1, 0.15) is 0 Å². The summed E-state index contributed by atoms with van der Waals surface area (Å²) in [6, 6.07) is 0. The molecule has 7 heavy (non-hydrogen) atoms. The van der Waals surface area contributed by atoms with Crippen LogP contribution in [-0.4, -0.2) is 0 Å². The van der Waals surface area contributed by atoms with Gasteiger partial charge in [-0.05, 0) is 17.9 Å². The van der Waals surface area contributed by atoms with E-state index in [0.29, 0.717) is 0 Å². The van der Waals surface area contributed by atoms with Crippen LogP contribution in [0.15, 0.2) is 15.7 Å². The van der Waals surface area contributed by atoms with Gasteiger partial charge in [0.15, 0.2) is 0 Å². The molecule has 0 aliphatic carbocycles. The molecule has 0 nitrogen and oxygen atoms in total. The predicted octanol–water partition coefficient (Wildman–Crippen LogP) is 2.61. The zero-order chi connectivity index (χ0) is 5.28. The van der Waals surface area contributed by atoms with E-state index in [1.54, 1.807) is 11.3 Å². The lowest BCUT2D eigenvalue weighted by molar-refractivity contribution is 1.39. The van der Waals surface area contributed by atoms with Crippen molar-refractivity contribution in [1.29, 1.82) is 0 Å². The van der Waals surface area contributed by atoms with Gasteiger partial charge in [0.25, 0.3) is 0 Å². The van der Waals surface area contributed by atoms with Crippen LogP contribution < -0.4 is 0 Å². The largest absolute Gasteiger partial charge is 0.151 e. The zero-order valence-corrected chi connectivity index (χ0v) is 5.60. The topological polar surface area (TPSA) is 0 Å². The molecule has 1 rings (SSSR count). The summed E-state index contributed by atoms with van der Waals surface area (Å²) in [5.74, 6) is 0. The second kappa shape index (κ2) is 1.80. The molecule has 0 bridgehead atoms. The molecule has 0 aliphatic heterocycles. The van der Waals surface area contributed by atoms with Gasteiger partial charge >= 0.3 is 0 Å². The van der Waals surface area contributed by atoms with Crippen LogP contribution in [0.2, 0.25) is 0 Å². The molecule has 0 saturated carbocycles. The number of aryl methyl sites for hydroxylation is 1.